The molecule has 1 aromatic carbocycles. The minimum atomic E-state index is 0.0594. The monoisotopic (exact) mass is 304 g/mol. The molecule has 1 saturated heterocycles. The van der Waals surface area contributed by atoms with Gasteiger partial charge in [0.05, 0.1) is 10.2 Å². The smallest absolute Gasteiger partial charge is 0.253 e. The van der Waals surface area contributed by atoms with Crippen LogP contribution in [0.2, 0.25) is 0 Å². The lowest BCUT2D eigenvalue weighted by Crippen LogP contribution is -2.39. The molecule has 0 radical (unpaired) electrons. The van der Waals surface area contributed by atoms with Crippen molar-refractivity contribution in [2.75, 3.05) is 32.9 Å². The summed E-state index contributed by atoms with van der Waals surface area (Å²) in [6.45, 7) is 1.90. The summed E-state index contributed by atoms with van der Waals surface area (Å²) >= 11 is 1.42. The summed E-state index contributed by atoms with van der Waals surface area (Å²) in [5.41, 5.74) is 7.26. The third-order valence-electron chi connectivity index (χ3n) is 4.15. The maximum absolute atomic E-state index is 12.5. The molecule has 0 spiro atoms. The SMILES string of the molecule is CN(CC1CCCN1C)C(=O)c1ccc2nc(N)sc2c1. The fourth-order valence-corrected chi connectivity index (χ4v) is 3.68. The number of likely N-dealkylation sites (tertiary alicyclic amines) is 1. The molecular weight excluding hydrogens is 284 g/mol. The molecule has 0 aliphatic carbocycles. The number of aromatic nitrogens is 1. The molecular formula is C15H20N4OS. The number of hydrogen-bond donors (Lipinski definition) is 1. The van der Waals surface area contributed by atoms with Crippen molar-refractivity contribution in [3.8, 4) is 0 Å². The number of benzene rings is 1. The van der Waals surface area contributed by atoms with E-state index in [9.17, 15) is 4.79 Å². The van der Waals surface area contributed by atoms with Gasteiger partial charge in [0.2, 0.25) is 0 Å². The number of nitrogens with two attached hydrogens (primary N) is 1. The van der Waals surface area contributed by atoms with E-state index in [2.05, 4.69) is 16.9 Å². The number of carbonyl (C=O) groups excluding carboxylic acids is 1. The fraction of sp³-hybridized carbons (Fsp3) is 0.467. The van der Waals surface area contributed by atoms with Gasteiger partial charge >= 0.3 is 0 Å². The van der Waals surface area contributed by atoms with Crippen molar-refractivity contribution in [2.45, 2.75) is 18.9 Å². The highest BCUT2D eigenvalue weighted by Gasteiger charge is 2.24. The van der Waals surface area contributed by atoms with Crippen molar-refractivity contribution in [3.05, 3.63) is 23.8 Å². The van der Waals surface area contributed by atoms with Crippen LogP contribution in [0, 0.1) is 0 Å². The van der Waals surface area contributed by atoms with Crippen LogP contribution < -0.4 is 5.73 Å². The zero-order chi connectivity index (χ0) is 15.0. The van der Waals surface area contributed by atoms with Crippen LogP contribution in [0.15, 0.2) is 18.2 Å². The Morgan fingerprint density at radius 2 is 2.38 bits per heavy atom. The first kappa shape index (κ1) is 14.3. The molecule has 0 bridgehead atoms. The number of rotatable bonds is 3. The second-order valence-electron chi connectivity index (χ2n) is 5.70. The normalized spacial score (nSPS) is 19.2. The molecule has 1 atom stereocenters. The molecule has 2 heterocycles. The lowest BCUT2D eigenvalue weighted by atomic mass is 10.1. The Balaban J connectivity index is 1.75. The van der Waals surface area contributed by atoms with Crippen molar-refractivity contribution in [1.29, 1.82) is 0 Å². The second-order valence-corrected chi connectivity index (χ2v) is 6.76. The molecule has 6 heteroatoms. The van der Waals surface area contributed by atoms with E-state index in [1.54, 1.807) is 0 Å². The van der Waals surface area contributed by atoms with Crippen molar-refractivity contribution in [2.24, 2.45) is 0 Å². The average molecular weight is 304 g/mol. The first-order valence-electron chi connectivity index (χ1n) is 7.16. The van der Waals surface area contributed by atoms with Gasteiger partial charge in [-0.1, -0.05) is 11.3 Å². The van der Waals surface area contributed by atoms with E-state index in [-0.39, 0.29) is 5.91 Å². The number of thiazole rings is 1. The number of fused-ring (bicyclic) bond motifs is 1. The zero-order valence-electron chi connectivity index (χ0n) is 12.4. The highest BCUT2D eigenvalue weighted by atomic mass is 32.1. The molecule has 112 valence electrons. The molecule has 1 amide bonds. The molecule has 3 rings (SSSR count). The predicted octanol–water partition coefficient (Wildman–Crippen LogP) is 2.04. The highest BCUT2D eigenvalue weighted by molar-refractivity contribution is 7.22. The van der Waals surface area contributed by atoms with Crippen LogP contribution in [-0.4, -0.2) is 53.9 Å². The van der Waals surface area contributed by atoms with E-state index < -0.39 is 0 Å². The molecule has 1 unspecified atom stereocenters. The first-order chi connectivity index (χ1) is 10.0. The van der Waals surface area contributed by atoms with Crippen LogP contribution in [-0.2, 0) is 0 Å². The number of anilines is 1. The lowest BCUT2D eigenvalue weighted by molar-refractivity contribution is 0.0761. The Bertz CT molecular complexity index is 669. The number of amides is 1. The summed E-state index contributed by atoms with van der Waals surface area (Å²) in [4.78, 5) is 20.9. The molecule has 2 aromatic rings. The van der Waals surface area contributed by atoms with Crippen molar-refractivity contribution in [3.63, 3.8) is 0 Å². The van der Waals surface area contributed by atoms with Crippen molar-refractivity contribution in [1.82, 2.24) is 14.8 Å². The van der Waals surface area contributed by atoms with E-state index in [4.69, 9.17) is 5.73 Å². The average Bonchev–Trinajstić information content (AvgIpc) is 3.02. The largest absolute Gasteiger partial charge is 0.375 e. The van der Waals surface area contributed by atoms with Gasteiger partial charge in [0.15, 0.2) is 5.13 Å². The van der Waals surface area contributed by atoms with Crippen LogP contribution >= 0.6 is 11.3 Å². The van der Waals surface area contributed by atoms with E-state index in [1.165, 1.54) is 24.2 Å². The first-order valence-corrected chi connectivity index (χ1v) is 7.98. The molecule has 21 heavy (non-hydrogen) atoms. The standard InChI is InChI=1S/C15H20N4OS/c1-18-7-3-4-11(18)9-19(2)14(20)10-5-6-12-13(8-10)21-15(16)17-12/h5-6,8,11H,3-4,7,9H2,1-2H3,(H2,16,17). The van der Waals surface area contributed by atoms with Gasteiger partial charge in [-0.15, -0.1) is 0 Å². The summed E-state index contributed by atoms with van der Waals surface area (Å²) in [6.07, 6.45) is 2.38. The van der Waals surface area contributed by atoms with Gasteiger partial charge in [-0.2, -0.15) is 0 Å². The lowest BCUT2D eigenvalue weighted by Gasteiger charge is -2.26. The fourth-order valence-electron chi connectivity index (χ4n) is 2.90. The van der Waals surface area contributed by atoms with E-state index in [0.29, 0.717) is 16.7 Å². The Hall–Kier alpha value is -1.66. The van der Waals surface area contributed by atoms with Gasteiger partial charge in [0.1, 0.15) is 0 Å². The van der Waals surface area contributed by atoms with Gasteiger partial charge in [-0.05, 0) is 44.6 Å². The van der Waals surface area contributed by atoms with Crippen LogP contribution in [0.1, 0.15) is 23.2 Å². The summed E-state index contributed by atoms with van der Waals surface area (Å²) < 4.78 is 0.963. The third kappa shape index (κ3) is 2.87. The maximum atomic E-state index is 12.5. The van der Waals surface area contributed by atoms with Gasteiger partial charge < -0.3 is 15.5 Å². The number of hydrogen-bond acceptors (Lipinski definition) is 5. The minimum Gasteiger partial charge on any atom is -0.375 e. The molecule has 1 aliphatic rings. The van der Waals surface area contributed by atoms with Gasteiger partial charge in [-0.3, -0.25) is 4.79 Å². The Kier molecular flexibility index (Phi) is 3.82. The number of nitrogen functional groups attached to an aromatic ring is 1. The van der Waals surface area contributed by atoms with Crippen LogP contribution in [0.4, 0.5) is 5.13 Å². The van der Waals surface area contributed by atoms with Gasteiger partial charge in [-0.25, -0.2) is 4.98 Å². The molecule has 2 N–H and O–H groups in total. The summed E-state index contributed by atoms with van der Waals surface area (Å²) in [7, 11) is 4.00. The number of nitrogens with zero attached hydrogens (tertiary/aromatic N) is 3. The molecule has 5 nitrogen and oxygen atoms in total. The number of likely N-dealkylation sites (N-methyl/N-ethyl adjacent to an activating group) is 2. The van der Waals surface area contributed by atoms with Gasteiger partial charge in [0.25, 0.3) is 5.91 Å². The van der Waals surface area contributed by atoms with Gasteiger partial charge in [0, 0.05) is 25.2 Å². The van der Waals surface area contributed by atoms with E-state index >= 15 is 0 Å². The molecule has 1 aromatic heterocycles. The molecule has 1 fully saturated rings. The third-order valence-corrected chi connectivity index (χ3v) is 5.00. The Morgan fingerprint density at radius 1 is 1.57 bits per heavy atom. The summed E-state index contributed by atoms with van der Waals surface area (Å²) in [5, 5.41) is 0.538. The number of carbonyl (C=O) groups is 1. The van der Waals surface area contributed by atoms with Crippen molar-refractivity contribution >= 4 is 32.6 Å². The second kappa shape index (κ2) is 5.61. The summed E-state index contributed by atoms with van der Waals surface area (Å²) in [5.74, 6) is 0.0594. The molecule has 1 aliphatic heterocycles. The minimum absolute atomic E-state index is 0.0594. The quantitative estimate of drug-likeness (QED) is 0.942. The van der Waals surface area contributed by atoms with Crippen LogP contribution in [0.5, 0.6) is 0 Å². The van der Waals surface area contributed by atoms with E-state index in [0.717, 1.165) is 23.3 Å². The van der Waals surface area contributed by atoms with Crippen LogP contribution in [0.25, 0.3) is 10.2 Å². The predicted molar refractivity (Wildman–Crippen MR) is 86.6 cm³/mol. The summed E-state index contributed by atoms with van der Waals surface area (Å²) in [6, 6.07) is 6.06. The van der Waals surface area contributed by atoms with Crippen LogP contribution in [0.3, 0.4) is 0 Å². The zero-order valence-corrected chi connectivity index (χ0v) is 13.2. The Morgan fingerprint density at radius 3 is 3.10 bits per heavy atom. The molecule has 0 saturated carbocycles. The highest BCUT2D eigenvalue weighted by Crippen LogP contribution is 2.25. The maximum Gasteiger partial charge on any atom is 0.253 e. The Labute approximate surface area is 128 Å². The van der Waals surface area contributed by atoms with Crippen molar-refractivity contribution < 1.29 is 4.79 Å². The van der Waals surface area contributed by atoms with E-state index in [1.807, 2.05) is 30.1 Å². The topological polar surface area (TPSA) is 62.5 Å².